The van der Waals surface area contributed by atoms with Crippen molar-refractivity contribution in [2.45, 2.75) is 12.1 Å². The van der Waals surface area contributed by atoms with Crippen LogP contribution >= 0.6 is 0 Å². The van der Waals surface area contributed by atoms with Crippen molar-refractivity contribution in [3.8, 4) is 6.07 Å². The number of ketones is 1. The third-order valence-corrected chi connectivity index (χ3v) is 7.03. The van der Waals surface area contributed by atoms with E-state index < -0.39 is 45.9 Å². The van der Waals surface area contributed by atoms with Crippen molar-refractivity contribution in [2.24, 2.45) is 0 Å². The lowest BCUT2D eigenvalue weighted by atomic mass is 9.98. The molecule has 3 saturated heterocycles. The maximum absolute atomic E-state index is 13.9. The second kappa shape index (κ2) is 6.96. The van der Waals surface area contributed by atoms with Crippen LogP contribution in [0.2, 0.25) is 0 Å². The third kappa shape index (κ3) is 2.56. The van der Waals surface area contributed by atoms with E-state index in [-0.39, 0.29) is 30.2 Å². The smallest absolute Gasteiger partial charge is 0.287 e. The minimum absolute atomic E-state index is 0.154. The van der Waals surface area contributed by atoms with Gasteiger partial charge in [0.25, 0.3) is 5.91 Å². The van der Waals surface area contributed by atoms with E-state index in [1.165, 1.54) is 6.20 Å². The Morgan fingerprint density at radius 1 is 1.09 bits per heavy atom. The number of nitriles is 1. The van der Waals surface area contributed by atoms with E-state index in [1.807, 2.05) is 11.0 Å². The topological polar surface area (TPSA) is 94.4 Å². The number of carbonyl (C=O) groups is 3. The highest BCUT2D eigenvalue weighted by Gasteiger charge is 2.73. The Morgan fingerprint density at radius 2 is 1.79 bits per heavy atom. The molecule has 34 heavy (non-hydrogen) atoms. The number of benzene rings is 2. The van der Waals surface area contributed by atoms with Crippen LogP contribution in [0.3, 0.4) is 0 Å². The lowest BCUT2D eigenvalue weighted by Gasteiger charge is -2.32. The van der Waals surface area contributed by atoms with Gasteiger partial charge in [-0.05, 0) is 12.1 Å². The van der Waals surface area contributed by atoms with Crippen LogP contribution in [0.15, 0.2) is 48.7 Å². The summed E-state index contributed by atoms with van der Waals surface area (Å²) in [7, 11) is 0. The van der Waals surface area contributed by atoms with E-state index in [0.29, 0.717) is 23.4 Å². The summed E-state index contributed by atoms with van der Waals surface area (Å²) < 4.78 is 27.1. The van der Waals surface area contributed by atoms with Crippen molar-refractivity contribution in [2.75, 3.05) is 24.7 Å². The number of amides is 3. The Morgan fingerprint density at radius 3 is 2.50 bits per heavy atom. The zero-order chi connectivity index (χ0) is 23.8. The van der Waals surface area contributed by atoms with E-state index >= 15 is 0 Å². The quantitative estimate of drug-likeness (QED) is 0.339. The van der Waals surface area contributed by atoms with Gasteiger partial charge in [0.15, 0.2) is 12.1 Å². The molecular weight excluding hydrogens is 444 g/mol. The number of rotatable bonds is 3. The van der Waals surface area contributed by atoms with Gasteiger partial charge in [0.1, 0.15) is 30.1 Å². The molecule has 3 aromatic rings. The Kier molecular flexibility index (Phi) is 4.20. The Hall–Kier alpha value is -4.07. The van der Waals surface area contributed by atoms with Crippen LogP contribution in [-0.2, 0) is 4.79 Å². The van der Waals surface area contributed by atoms with E-state index in [9.17, 15) is 28.4 Å². The van der Waals surface area contributed by atoms with E-state index in [0.717, 1.165) is 17.0 Å². The maximum Gasteiger partial charge on any atom is 0.433 e. The number of piperazine rings is 1. The van der Waals surface area contributed by atoms with E-state index in [4.69, 9.17) is 0 Å². The molecular formula is C24H16F2N5O3+. The van der Waals surface area contributed by atoms with Crippen molar-refractivity contribution in [3.05, 3.63) is 71.6 Å². The molecule has 4 heterocycles. The molecule has 0 radical (unpaired) electrons. The Balaban J connectivity index is 1.46. The highest BCUT2D eigenvalue weighted by atomic mass is 19.1. The van der Waals surface area contributed by atoms with Crippen molar-refractivity contribution >= 4 is 34.2 Å². The number of hydrogen-bond donors (Lipinski definition) is 0. The van der Waals surface area contributed by atoms with Crippen LogP contribution in [-0.4, -0.2) is 63.9 Å². The van der Waals surface area contributed by atoms with Crippen LogP contribution in [0, 0.1) is 23.0 Å². The van der Waals surface area contributed by atoms with Crippen LogP contribution in [0.1, 0.15) is 16.1 Å². The zero-order valence-electron chi connectivity index (χ0n) is 17.6. The molecule has 8 nitrogen and oxygen atoms in total. The first-order valence-corrected chi connectivity index (χ1v) is 10.6. The Labute approximate surface area is 191 Å². The van der Waals surface area contributed by atoms with Crippen molar-refractivity contribution in [3.63, 3.8) is 0 Å². The molecule has 1 aromatic heterocycles. The first kappa shape index (κ1) is 20.5. The number of anilines is 1. The van der Waals surface area contributed by atoms with Gasteiger partial charge in [-0.2, -0.15) is 10.2 Å². The first-order valence-electron chi connectivity index (χ1n) is 10.6. The van der Waals surface area contributed by atoms with Crippen LogP contribution in [0.4, 0.5) is 19.3 Å². The monoisotopic (exact) mass is 460 g/mol. The molecule has 3 amide bonds. The number of pyridine rings is 1. The number of Topliss-reactive ketones (excluding diaryl/α,β-unsaturated/α-hetero) is 1. The van der Waals surface area contributed by atoms with E-state index in [1.54, 1.807) is 24.3 Å². The molecule has 168 valence electrons. The summed E-state index contributed by atoms with van der Waals surface area (Å²) in [6, 6.07) is 9.04. The molecule has 4 atom stereocenters. The number of carbonyl (C=O) groups excluding carboxylic acids is 3. The number of imide groups is 1. The number of aromatic nitrogens is 1. The van der Waals surface area contributed by atoms with Crippen molar-refractivity contribution < 1.29 is 27.6 Å². The summed E-state index contributed by atoms with van der Waals surface area (Å²) in [5, 5.41) is 10.4. The number of urea groups is 1. The minimum atomic E-state index is -0.973. The number of quaternary nitrogens is 1. The Bertz CT molecular complexity index is 1460. The molecule has 3 fully saturated rings. The second-order valence-electron chi connectivity index (χ2n) is 8.77. The van der Waals surface area contributed by atoms with Gasteiger partial charge in [0.05, 0.1) is 25.0 Å². The van der Waals surface area contributed by atoms with Crippen LogP contribution < -0.4 is 4.90 Å². The molecule has 3 aliphatic heterocycles. The maximum atomic E-state index is 13.9. The van der Waals surface area contributed by atoms with Crippen LogP contribution in [0.25, 0.3) is 10.8 Å². The molecule has 2 aromatic carbocycles. The fourth-order valence-corrected chi connectivity index (χ4v) is 5.59. The predicted octanol–water partition coefficient (Wildman–Crippen LogP) is 2.57. The number of nitrogens with zero attached hydrogens (tertiary/aromatic N) is 5. The van der Waals surface area contributed by atoms with Gasteiger partial charge in [-0.1, -0.05) is 24.3 Å². The molecule has 2 bridgehead atoms. The standard InChI is InChI=1S/C24H16F2N5O3/c25-14-5-13(6-15(26)7-14)22(32)20-10-29-11-21-23(33)30(24(34)31(20,21)12-29)19-9-28-18(8-27)16-3-1-2-4-17(16)19/h1-7,9,20-21H,10-12H2/q+1. The molecule has 1 spiro atoms. The average molecular weight is 460 g/mol. The van der Waals surface area contributed by atoms with Crippen LogP contribution in [0.5, 0.6) is 0 Å². The summed E-state index contributed by atoms with van der Waals surface area (Å²) in [5.74, 6) is -2.83. The van der Waals surface area contributed by atoms with Crippen molar-refractivity contribution in [1.82, 2.24) is 9.88 Å². The fourth-order valence-electron chi connectivity index (χ4n) is 5.59. The molecule has 0 saturated carbocycles. The second-order valence-corrected chi connectivity index (χ2v) is 8.77. The van der Waals surface area contributed by atoms with E-state index in [2.05, 4.69) is 4.98 Å². The summed E-state index contributed by atoms with van der Waals surface area (Å²) >= 11 is 0. The highest BCUT2D eigenvalue weighted by molar-refractivity contribution is 6.22. The molecule has 6 rings (SSSR count). The lowest BCUT2D eigenvalue weighted by Crippen LogP contribution is -2.62. The molecule has 0 N–H and O–H groups in total. The summed E-state index contributed by atoms with van der Waals surface area (Å²) in [6.45, 7) is 0.651. The molecule has 0 aliphatic carbocycles. The van der Waals surface area contributed by atoms with Gasteiger partial charge in [-0.25, -0.2) is 27.9 Å². The van der Waals surface area contributed by atoms with Gasteiger partial charge in [0.2, 0.25) is 5.78 Å². The average Bonchev–Trinajstić information content (AvgIpc) is 3.46. The largest absolute Gasteiger partial charge is 0.433 e. The molecule has 4 unspecified atom stereocenters. The van der Waals surface area contributed by atoms with Gasteiger partial charge < -0.3 is 0 Å². The van der Waals surface area contributed by atoms with Crippen molar-refractivity contribution in [1.29, 1.82) is 5.26 Å². The minimum Gasteiger partial charge on any atom is -0.287 e. The number of hydrogen-bond acceptors (Lipinski definition) is 6. The normalized spacial score (nSPS) is 27.3. The highest BCUT2D eigenvalue weighted by Crippen LogP contribution is 2.45. The SMILES string of the molecule is N#Cc1ncc(N2C(=O)C3CN4CC(C(=O)c5cc(F)cc(F)c5)[N+]3(C4)C2=O)c2ccccc12. The molecule has 10 heteroatoms. The third-order valence-electron chi connectivity index (χ3n) is 7.03. The van der Waals surface area contributed by atoms with Gasteiger partial charge >= 0.3 is 6.03 Å². The van der Waals surface area contributed by atoms with Gasteiger partial charge in [0, 0.05) is 22.4 Å². The van der Waals surface area contributed by atoms with Gasteiger partial charge in [-0.15, -0.1) is 0 Å². The summed E-state index contributed by atoms with van der Waals surface area (Å²) in [5.41, 5.74) is 0.235. The number of fused-ring (bicyclic) bond motifs is 2. The lowest BCUT2D eigenvalue weighted by molar-refractivity contribution is -0.852. The summed E-state index contributed by atoms with van der Waals surface area (Å²) in [6.07, 6.45) is 1.32. The number of halogens is 2. The fraction of sp³-hybridized carbons (Fsp3) is 0.208. The van der Waals surface area contributed by atoms with Gasteiger partial charge in [-0.3, -0.25) is 9.59 Å². The molecule has 3 aliphatic rings. The predicted molar refractivity (Wildman–Crippen MR) is 114 cm³/mol. The first-order chi connectivity index (χ1) is 16.3. The summed E-state index contributed by atoms with van der Waals surface area (Å²) in [4.78, 5) is 47.9. The zero-order valence-corrected chi connectivity index (χ0v) is 17.6.